The highest BCUT2D eigenvalue weighted by atomic mass is 32.2. The molecular formula is C19H29NO4S. The number of methoxy groups -OCH3 is 1. The van der Waals surface area contributed by atoms with Crippen molar-refractivity contribution in [2.45, 2.75) is 55.6 Å². The number of ether oxygens (including phenoxy) is 2. The quantitative estimate of drug-likeness (QED) is 0.839. The van der Waals surface area contributed by atoms with Gasteiger partial charge in [-0.25, -0.2) is 13.1 Å². The molecule has 1 saturated carbocycles. The molecule has 5 nitrogen and oxygen atoms in total. The highest BCUT2D eigenvalue weighted by Gasteiger charge is 2.37. The van der Waals surface area contributed by atoms with Crippen molar-refractivity contribution in [2.24, 2.45) is 0 Å². The predicted molar refractivity (Wildman–Crippen MR) is 98.5 cm³/mol. The van der Waals surface area contributed by atoms with E-state index >= 15 is 0 Å². The topological polar surface area (TPSA) is 64.6 Å². The summed E-state index contributed by atoms with van der Waals surface area (Å²) in [6, 6.07) is 8.00. The second-order valence-electron chi connectivity index (χ2n) is 7.25. The number of benzene rings is 1. The van der Waals surface area contributed by atoms with Gasteiger partial charge in [0.05, 0.1) is 12.4 Å². The number of hydrogen-bond acceptors (Lipinski definition) is 4. The Kier molecular flexibility index (Phi) is 6.02. The average Bonchev–Trinajstić information content (AvgIpc) is 2.68. The Labute approximate surface area is 151 Å². The summed E-state index contributed by atoms with van der Waals surface area (Å²) in [5.41, 5.74) is 0.953. The molecule has 1 aromatic rings. The minimum Gasteiger partial charge on any atom is -0.497 e. The number of rotatable bonds is 6. The van der Waals surface area contributed by atoms with Crippen molar-refractivity contribution >= 4 is 10.0 Å². The fourth-order valence-corrected chi connectivity index (χ4v) is 5.67. The highest BCUT2D eigenvalue weighted by Crippen LogP contribution is 2.35. The maximum atomic E-state index is 12.7. The molecular weight excluding hydrogens is 338 g/mol. The van der Waals surface area contributed by atoms with E-state index in [1.807, 2.05) is 12.1 Å². The van der Waals surface area contributed by atoms with E-state index in [1.54, 1.807) is 7.11 Å². The van der Waals surface area contributed by atoms with Gasteiger partial charge in [-0.2, -0.15) is 0 Å². The number of nitrogens with one attached hydrogen (secondary N) is 1. The van der Waals surface area contributed by atoms with Crippen LogP contribution >= 0.6 is 0 Å². The van der Waals surface area contributed by atoms with Crippen molar-refractivity contribution in [2.75, 3.05) is 26.9 Å². The zero-order chi connectivity index (χ0) is 17.8. The molecule has 0 atom stereocenters. The van der Waals surface area contributed by atoms with Gasteiger partial charge >= 0.3 is 0 Å². The van der Waals surface area contributed by atoms with Crippen LogP contribution in [0.4, 0.5) is 0 Å². The van der Waals surface area contributed by atoms with Crippen molar-refractivity contribution in [1.29, 1.82) is 0 Å². The Morgan fingerprint density at radius 2 is 1.76 bits per heavy atom. The summed E-state index contributed by atoms with van der Waals surface area (Å²) in [6.07, 6.45) is 6.41. The third-order valence-electron chi connectivity index (χ3n) is 5.76. The van der Waals surface area contributed by atoms with Crippen LogP contribution in [0.3, 0.4) is 0 Å². The zero-order valence-electron chi connectivity index (χ0n) is 15.0. The molecule has 1 aliphatic carbocycles. The van der Waals surface area contributed by atoms with Gasteiger partial charge in [0.1, 0.15) is 5.75 Å². The third-order valence-corrected chi connectivity index (χ3v) is 7.65. The van der Waals surface area contributed by atoms with Gasteiger partial charge in [-0.3, -0.25) is 0 Å². The molecule has 0 spiro atoms. The van der Waals surface area contributed by atoms with Gasteiger partial charge in [0.15, 0.2) is 0 Å². The van der Waals surface area contributed by atoms with Gasteiger partial charge in [-0.1, -0.05) is 31.4 Å². The van der Waals surface area contributed by atoms with Gasteiger partial charge in [0.25, 0.3) is 0 Å². The second kappa shape index (κ2) is 8.06. The standard InChI is InChI=1S/C19H29NO4S/c1-23-17-9-7-16(8-10-17)19(11-13-24-14-12-19)15-20-25(21,22)18-5-3-2-4-6-18/h7-10,18,20H,2-6,11-15H2,1H3. The molecule has 1 heterocycles. The van der Waals surface area contributed by atoms with E-state index in [2.05, 4.69) is 16.9 Å². The van der Waals surface area contributed by atoms with Crippen molar-refractivity contribution in [1.82, 2.24) is 4.72 Å². The summed E-state index contributed by atoms with van der Waals surface area (Å²) < 4.78 is 39.2. The van der Waals surface area contributed by atoms with Crippen LogP contribution in [-0.4, -0.2) is 40.5 Å². The summed E-state index contributed by atoms with van der Waals surface area (Å²) >= 11 is 0. The van der Waals surface area contributed by atoms with E-state index in [0.29, 0.717) is 19.8 Å². The highest BCUT2D eigenvalue weighted by molar-refractivity contribution is 7.90. The molecule has 0 unspecified atom stereocenters. The lowest BCUT2D eigenvalue weighted by molar-refractivity contribution is 0.0516. The lowest BCUT2D eigenvalue weighted by Gasteiger charge is -2.38. The second-order valence-corrected chi connectivity index (χ2v) is 9.29. The molecule has 1 aliphatic heterocycles. The monoisotopic (exact) mass is 367 g/mol. The molecule has 1 aromatic carbocycles. The van der Waals surface area contributed by atoms with E-state index < -0.39 is 10.0 Å². The van der Waals surface area contributed by atoms with Crippen LogP contribution in [0.5, 0.6) is 5.75 Å². The van der Waals surface area contributed by atoms with Gasteiger partial charge in [0.2, 0.25) is 10.0 Å². The fraction of sp³-hybridized carbons (Fsp3) is 0.684. The SMILES string of the molecule is COc1ccc(C2(CNS(=O)(=O)C3CCCCC3)CCOCC2)cc1. The Hall–Kier alpha value is -1.11. The summed E-state index contributed by atoms with van der Waals surface area (Å²) in [6.45, 7) is 1.77. The molecule has 1 saturated heterocycles. The molecule has 3 rings (SSSR count). The summed E-state index contributed by atoms with van der Waals surface area (Å²) in [7, 11) is -1.61. The van der Waals surface area contributed by atoms with E-state index in [4.69, 9.17) is 9.47 Å². The Balaban J connectivity index is 1.76. The van der Waals surface area contributed by atoms with Crippen molar-refractivity contribution in [3.8, 4) is 5.75 Å². The molecule has 25 heavy (non-hydrogen) atoms. The van der Waals surface area contributed by atoms with Gasteiger partial charge in [0, 0.05) is 25.2 Å². The predicted octanol–water partition coefficient (Wildman–Crippen LogP) is 3.00. The molecule has 1 N–H and O–H groups in total. The van der Waals surface area contributed by atoms with Crippen molar-refractivity contribution in [3.63, 3.8) is 0 Å². The Morgan fingerprint density at radius 3 is 2.36 bits per heavy atom. The lowest BCUT2D eigenvalue weighted by Crippen LogP contribution is -2.47. The smallest absolute Gasteiger partial charge is 0.214 e. The van der Waals surface area contributed by atoms with Crippen molar-refractivity contribution < 1.29 is 17.9 Å². The van der Waals surface area contributed by atoms with Crippen LogP contribution in [0.25, 0.3) is 0 Å². The Morgan fingerprint density at radius 1 is 1.12 bits per heavy atom. The minimum atomic E-state index is -3.26. The molecule has 140 valence electrons. The largest absolute Gasteiger partial charge is 0.497 e. The van der Waals surface area contributed by atoms with Crippen LogP contribution < -0.4 is 9.46 Å². The van der Waals surface area contributed by atoms with Crippen LogP contribution in [0.1, 0.15) is 50.5 Å². The van der Waals surface area contributed by atoms with Gasteiger partial charge in [-0.05, 0) is 43.4 Å². The first-order valence-electron chi connectivity index (χ1n) is 9.26. The molecule has 6 heteroatoms. The van der Waals surface area contributed by atoms with Gasteiger partial charge < -0.3 is 9.47 Å². The third kappa shape index (κ3) is 4.36. The van der Waals surface area contributed by atoms with Crippen LogP contribution in [0.2, 0.25) is 0 Å². The van der Waals surface area contributed by atoms with E-state index in [9.17, 15) is 8.42 Å². The summed E-state index contributed by atoms with van der Waals surface area (Å²) in [5.74, 6) is 0.814. The minimum absolute atomic E-state index is 0.202. The van der Waals surface area contributed by atoms with Gasteiger partial charge in [-0.15, -0.1) is 0 Å². The Bertz CT molecular complexity index is 645. The van der Waals surface area contributed by atoms with E-state index in [0.717, 1.165) is 56.3 Å². The van der Waals surface area contributed by atoms with Crippen LogP contribution in [-0.2, 0) is 20.2 Å². The molecule has 0 radical (unpaired) electrons. The molecule has 0 bridgehead atoms. The molecule has 2 fully saturated rings. The summed E-state index contributed by atoms with van der Waals surface area (Å²) in [4.78, 5) is 0. The summed E-state index contributed by atoms with van der Waals surface area (Å²) in [5, 5.41) is -0.228. The first-order chi connectivity index (χ1) is 12.1. The van der Waals surface area contributed by atoms with E-state index in [-0.39, 0.29) is 10.7 Å². The normalized spacial score (nSPS) is 21.8. The first-order valence-corrected chi connectivity index (χ1v) is 10.8. The number of sulfonamides is 1. The maximum absolute atomic E-state index is 12.7. The average molecular weight is 368 g/mol. The van der Waals surface area contributed by atoms with Crippen LogP contribution in [0, 0.1) is 0 Å². The molecule has 2 aliphatic rings. The van der Waals surface area contributed by atoms with E-state index in [1.165, 1.54) is 0 Å². The molecule has 0 aromatic heterocycles. The maximum Gasteiger partial charge on any atom is 0.214 e. The zero-order valence-corrected chi connectivity index (χ0v) is 15.8. The number of hydrogen-bond donors (Lipinski definition) is 1. The first kappa shape index (κ1) is 18.7. The fourth-order valence-electron chi connectivity index (χ4n) is 4.01. The molecule has 0 amide bonds. The van der Waals surface area contributed by atoms with Crippen LogP contribution in [0.15, 0.2) is 24.3 Å². The lowest BCUT2D eigenvalue weighted by atomic mass is 9.74. The van der Waals surface area contributed by atoms with Crippen molar-refractivity contribution in [3.05, 3.63) is 29.8 Å².